The Bertz CT molecular complexity index is 971. The lowest BCUT2D eigenvalue weighted by Crippen LogP contribution is -2.67. The number of nitriles is 1. The molecule has 33 heavy (non-hydrogen) atoms. The van der Waals surface area contributed by atoms with Crippen LogP contribution in [0.15, 0.2) is 60.7 Å². The minimum absolute atomic E-state index is 0.0826. The number of carbonyl (C=O) groups is 2. The summed E-state index contributed by atoms with van der Waals surface area (Å²) in [5, 5.41) is 23.2. The number of hydrogen-bond acceptors (Lipinski definition) is 5. The summed E-state index contributed by atoms with van der Waals surface area (Å²) in [5.74, 6) is -0.539. The molecule has 0 spiro atoms. The average Bonchev–Trinajstić information content (AvgIpc) is 2.85. The molecule has 2 aromatic rings. The molecule has 1 atom stereocenters. The number of piperidine rings is 3. The molecule has 0 unspecified atom stereocenters. The van der Waals surface area contributed by atoms with Crippen LogP contribution in [-0.4, -0.2) is 60.3 Å². The third-order valence-electron chi connectivity index (χ3n) is 7.02. The van der Waals surface area contributed by atoms with Crippen molar-refractivity contribution in [2.45, 2.75) is 31.0 Å². The molecule has 7 heteroatoms. The van der Waals surface area contributed by atoms with Gasteiger partial charge in [0.2, 0.25) is 5.60 Å². The van der Waals surface area contributed by atoms with E-state index in [0.717, 1.165) is 25.9 Å². The highest BCUT2D eigenvalue weighted by Gasteiger charge is 2.51. The second-order valence-corrected chi connectivity index (χ2v) is 9.11. The fourth-order valence-electron chi connectivity index (χ4n) is 5.18. The SMILES string of the molecule is N#CCCNC(=O)C[N+]12CCC(CC1)[C@@H](OC(=O)C(O)(c1ccccc1)c1ccccc1)C2. The van der Waals surface area contributed by atoms with E-state index >= 15 is 0 Å². The molecule has 1 amide bonds. The van der Waals surface area contributed by atoms with Crippen LogP contribution in [0.2, 0.25) is 0 Å². The lowest BCUT2D eigenvalue weighted by atomic mass is 9.82. The molecule has 0 saturated carbocycles. The van der Waals surface area contributed by atoms with Crippen LogP contribution < -0.4 is 5.32 Å². The van der Waals surface area contributed by atoms with Gasteiger partial charge in [0.25, 0.3) is 5.91 Å². The van der Waals surface area contributed by atoms with Crippen LogP contribution in [0, 0.1) is 17.2 Å². The Morgan fingerprint density at radius 2 is 1.64 bits per heavy atom. The summed E-state index contributed by atoms with van der Waals surface area (Å²) in [4.78, 5) is 26.0. The number of ether oxygens (including phenoxy) is 1. The van der Waals surface area contributed by atoms with Crippen molar-refractivity contribution >= 4 is 11.9 Å². The first-order valence-electron chi connectivity index (χ1n) is 11.5. The standard InChI is InChI=1S/C26H29N3O4/c27-14-7-15-28-24(30)19-29-16-12-20(13-17-29)23(18-29)33-25(31)26(32,21-8-3-1-4-9-21)22-10-5-2-6-11-22/h1-6,8-11,20,23,32H,7,12-13,15-19H2/p+1/t20?,23-,29?/m0/s1. The molecule has 0 aliphatic carbocycles. The first-order valence-corrected chi connectivity index (χ1v) is 11.5. The van der Waals surface area contributed by atoms with Crippen LogP contribution in [0.1, 0.15) is 30.4 Å². The highest BCUT2D eigenvalue weighted by Crippen LogP contribution is 2.38. The normalized spacial score (nSPS) is 24.0. The molecule has 3 heterocycles. The highest BCUT2D eigenvalue weighted by atomic mass is 16.6. The van der Waals surface area contributed by atoms with Crippen LogP contribution >= 0.6 is 0 Å². The first kappa shape index (κ1) is 23.0. The largest absolute Gasteiger partial charge is 0.453 e. The topological polar surface area (TPSA) is 99.4 Å². The zero-order valence-electron chi connectivity index (χ0n) is 18.7. The van der Waals surface area contributed by atoms with Gasteiger partial charge in [0.05, 0.1) is 25.6 Å². The number of rotatable bonds is 8. The number of esters is 1. The Morgan fingerprint density at radius 1 is 1.06 bits per heavy atom. The first-order chi connectivity index (χ1) is 16.0. The van der Waals surface area contributed by atoms with Crippen molar-refractivity contribution in [3.63, 3.8) is 0 Å². The van der Waals surface area contributed by atoms with E-state index in [1.54, 1.807) is 48.5 Å². The van der Waals surface area contributed by atoms with Gasteiger partial charge in [-0.25, -0.2) is 4.79 Å². The quantitative estimate of drug-likeness (QED) is 0.366. The molecule has 3 aliphatic heterocycles. The zero-order chi connectivity index (χ0) is 23.3. The van der Waals surface area contributed by atoms with Crippen LogP contribution in [0.3, 0.4) is 0 Å². The second kappa shape index (κ2) is 9.74. The lowest BCUT2D eigenvalue weighted by molar-refractivity contribution is -0.939. The summed E-state index contributed by atoms with van der Waals surface area (Å²) in [6.07, 6.45) is 1.67. The summed E-state index contributed by atoms with van der Waals surface area (Å²) in [6.45, 7) is 2.95. The molecule has 3 aliphatic rings. The molecule has 5 rings (SSSR count). The number of fused-ring (bicyclic) bond motifs is 3. The van der Waals surface area contributed by atoms with E-state index in [9.17, 15) is 14.7 Å². The van der Waals surface area contributed by atoms with Crippen LogP contribution in [0.4, 0.5) is 0 Å². The third-order valence-corrected chi connectivity index (χ3v) is 7.02. The van der Waals surface area contributed by atoms with E-state index in [-0.39, 0.29) is 24.3 Å². The predicted molar refractivity (Wildman–Crippen MR) is 121 cm³/mol. The van der Waals surface area contributed by atoms with Crippen molar-refractivity contribution in [2.24, 2.45) is 5.92 Å². The van der Waals surface area contributed by atoms with Crippen molar-refractivity contribution in [1.29, 1.82) is 5.26 Å². The minimum Gasteiger partial charge on any atom is -0.453 e. The zero-order valence-corrected chi connectivity index (χ0v) is 18.7. The Kier molecular flexibility index (Phi) is 6.77. The molecule has 7 nitrogen and oxygen atoms in total. The van der Waals surface area contributed by atoms with Crippen molar-refractivity contribution < 1.29 is 23.9 Å². The molecule has 2 N–H and O–H groups in total. The van der Waals surface area contributed by atoms with Crippen molar-refractivity contribution in [3.8, 4) is 6.07 Å². The number of nitrogens with one attached hydrogen (secondary N) is 1. The molecule has 2 aromatic carbocycles. The van der Waals surface area contributed by atoms with Gasteiger partial charge < -0.3 is 19.6 Å². The minimum atomic E-state index is -1.91. The lowest BCUT2D eigenvalue weighted by Gasteiger charge is -2.51. The monoisotopic (exact) mass is 448 g/mol. The predicted octanol–water partition coefficient (Wildman–Crippen LogP) is 2.10. The van der Waals surface area contributed by atoms with Gasteiger partial charge in [-0.15, -0.1) is 0 Å². The summed E-state index contributed by atoms with van der Waals surface area (Å²) in [5.41, 5.74) is -0.986. The molecular formula is C26H30N3O4+. The van der Waals surface area contributed by atoms with E-state index < -0.39 is 11.6 Å². The van der Waals surface area contributed by atoms with Crippen molar-refractivity contribution in [3.05, 3.63) is 71.8 Å². The van der Waals surface area contributed by atoms with E-state index in [0.29, 0.717) is 35.2 Å². The number of carbonyl (C=O) groups excluding carboxylic acids is 2. The van der Waals surface area contributed by atoms with Gasteiger partial charge in [-0.05, 0) is 11.1 Å². The van der Waals surface area contributed by atoms with E-state index in [4.69, 9.17) is 10.00 Å². The van der Waals surface area contributed by atoms with Gasteiger partial charge >= 0.3 is 5.97 Å². The molecule has 172 valence electrons. The summed E-state index contributed by atoms with van der Waals surface area (Å²) in [6, 6.07) is 19.8. The fourth-order valence-corrected chi connectivity index (χ4v) is 5.18. The van der Waals surface area contributed by atoms with Crippen molar-refractivity contribution in [2.75, 3.05) is 32.7 Å². The molecular weight excluding hydrogens is 418 g/mol. The number of nitrogens with zero attached hydrogens (tertiary/aromatic N) is 2. The Hall–Kier alpha value is -3.21. The van der Waals surface area contributed by atoms with E-state index in [1.807, 2.05) is 18.2 Å². The number of hydrogen-bond donors (Lipinski definition) is 2. The van der Waals surface area contributed by atoms with Crippen LogP contribution in [0.5, 0.6) is 0 Å². The second-order valence-electron chi connectivity index (χ2n) is 9.11. The van der Waals surface area contributed by atoms with Gasteiger partial charge in [0, 0.05) is 25.3 Å². The summed E-state index contributed by atoms with van der Waals surface area (Å²) >= 11 is 0. The van der Waals surface area contributed by atoms with Gasteiger partial charge in [0.15, 0.2) is 12.6 Å². The van der Waals surface area contributed by atoms with Gasteiger partial charge in [-0.3, -0.25) is 4.79 Å². The third kappa shape index (κ3) is 4.77. The summed E-state index contributed by atoms with van der Waals surface area (Å²) < 4.78 is 6.60. The molecule has 3 saturated heterocycles. The Labute approximate surface area is 194 Å². The maximum atomic E-state index is 13.5. The van der Waals surface area contributed by atoms with E-state index in [1.165, 1.54) is 0 Å². The molecule has 3 fully saturated rings. The van der Waals surface area contributed by atoms with Crippen LogP contribution in [0.25, 0.3) is 0 Å². The average molecular weight is 449 g/mol. The summed E-state index contributed by atoms with van der Waals surface area (Å²) in [7, 11) is 0. The van der Waals surface area contributed by atoms with Gasteiger partial charge in [-0.2, -0.15) is 5.26 Å². The number of amides is 1. The van der Waals surface area contributed by atoms with Gasteiger partial charge in [-0.1, -0.05) is 60.7 Å². The van der Waals surface area contributed by atoms with E-state index in [2.05, 4.69) is 5.32 Å². The molecule has 2 bridgehead atoms. The number of benzene rings is 2. The Morgan fingerprint density at radius 3 is 2.18 bits per heavy atom. The number of quaternary nitrogens is 1. The fraction of sp³-hybridized carbons (Fsp3) is 0.423. The number of aliphatic hydroxyl groups is 1. The maximum Gasteiger partial charge on any atom is 0.348 e. The van der Waals surface area contributed by atoms with Gasteiger partial charge in [0.1, 0.15) is 6.54 Å². The smallest absolute Gasteiger partial charge is 0.348 e. The maximum absolute atomic E-state index is 13.5. The highest BCUT2D eigenvalue weighted by molar-refractivity contribution is 5.85. The Balaban J connectivity index is 1.52. The van der Waals surface area contributed by atoms with Crippen molar-refractivity contribution in [1.82, 2.24) is 5.32 Å². The molecule has 0 radical (unpaired) electrons. The molecule has 0 aromatic heterocycles. The van der Waals surface area contributed by atoms with Crippen LogP contribution in [-0.2, 0) is 19.9 Å².